The van der Waals surface area contributed by atoms with Crippen LogP contribution in [0.2, 0.25) is 0 Å². The Hall–Kier alpha value is -1.84. The summed E-state index contributed by atoms with van der Waals surface area (Å²) in [5.41, 5.74) is 2.17. The van der Waals surface area contributed by atoms with Gasteiger partial charge in [-0.15, -0.1) is 0 Å². The van der Waals surface area contributed by atoms with E-state index in [1.807, 2.05) is 0 Å². The largest absolute Gasteiger partial charge is 0.461 e. The van der Waals surface area contributed by atoms with Crippen LogP contribution in [0.1, 0.15) is 20.8 Å². The summed E-state index contributed by atoms with van der Waals surface area (Å²) in [5, 5.41) is 0. The average Bonchev–Trinajstić information content (AvgIpc) is 2.33. The summed E-state index contributed by atoms with van der Waals surface area (Å²) in [6, 6.07) is -0.0847. The van der Waals surface area contributed by atoms with Gasteiger partial charge < -0.3 is 9.64 Å². The number of nitrogens with zero attached hydrogens (tertiary/aromatic N) is 4. The fourth-order valence-electron chi connectivity index (χ4n) is 1.36. The van der Waals surface area contributed by atoms with Crippen LogP contribution in [0.4, 0.5) is 25.1 Å². The van der Waals surface area contributed by atoms with Crippen LogP contribution in [0, 0.1) is 0 Å². The molecule has 10 heteroatoms. The lowest BCUT2D eigenvalue weighted by atomic mass is 10.5. The monoisotopic (exact) mass is 294 g/mol. The van der Waals surface area contributed by atoms with Crippen molar-refractivity contribution in [1.29, 1.82) is 0 Å². The van der Waals surface area contributed by atoms with Crippen LogP contribution in [0.3, 0.4) is 0 Å². The quantitative estimate of drug-likeness (QED) is 0.604. The standard InChI is InChI=1S/C10H17F3N6O/c1-4-19(5-10(11,12)13)8-15-7(18-14)16-9(17-8)20-6(2)3/h6H,4-5,14H2,1-3H3,(H,15,16,17,18). The lowest BCUT2D eigenvalue weighted by Crippen LogP contribution is -2.35. The topological polar surface area (TPSA) is 89.2 Å². The number of hydrogen-bond donors (Lipinski definition) is 2. The number of alkyl halides is 3. The van der Waals surface area contributed by atoms with Crippen molar-refractivity contribution in [2.24, 2.45) is 5.84 Å². The summed E-state index contributed by atoms with van der Waals surface area (Å²) in [5.74, 6) is 4.97. The van der Waals surface area contributed by atoms with E-state index in [2.05, 4.69) is 20.4 Å². The molecule has 20 heavy (non-hydrogen) atoms. The molecule has 1 aromatic rings. The Morgan fingerprint density at radius 1 is 1.30 bits per heavy atom. The highest BCUT2D eigenvalue weighted by Gasteiger charge is 2.31. The van der Waals surface area contributed by atoms with Gasteiger partial charge in [0.1, 0.15) is 6.54 Å². The van der Waals surface area contributed by atoms with Crippen molar-refractivity contribution < 1.29 is 17.9 Å². The zero-order chi connectivity index (χ0) is 15.3. The predicted molar refractivity (Wildman–Crippen MR) is 67.3 cm³/mol. The molecule has 0 fully saturated rings. The maximum Gasteiger partial charge on any atom is 0.406 e. The van der Waals surface area contributed by atoms with Gasteiger partial charge in [-0.25, -0.2) is 5.84 Å². The van der Waals surface area contributed by atoms with E-state index >= 15 is 0 Å². The molecule has 0 unspecified atom stereocenters. The Morgan fingerprint density at radius 3 is 2.40 bits per heavy atom. The second-order valence-corrected chi connectivity index (χ2v) is 4.18. The average molecular weight is 294 g/mol. The van der Waals surface area contributed by atoms with Gasteiger partial charge >= 0.3 is 12.2 Å². The molecular formula is C10H17F3N6O. The summed E-state index contributed by atoms with van der Waals surface area (Å²) in [4.78, 5) is 12.4. The maximum atomic E-state index is 12.5. The Balaban J connectivity index is 3.07. The minimum Gasteiger partial charge on any atom is -0.461 e. The summed E-state index contributed by atoms with van der Waals surface area (Å²) in [6.07, 6.45) is -4.59. The molecule has 0 spiro atoms. The fraction of sp³-hybridized carbons (Fsp3) is 0.700. The number of anilines is 2. The van der Waals surface area contributed by atoms with E-state index in [0.717, 1.165) is 4.90 Å². The van der Waals surface area contributed by atoms with Crippen LogP contribution in [0.5, 0.6) is 6.01 Å². The molecule has 114 valence electrons. The Morgan fingerprint density at radius 2 is 1.95 bits per heavy atom. The number of ether oxygens (including phenoxy) is 1. The molecule has 0 aromatic carbocycles. The molecule has 0 aliphatic rings. The Bertz CT molecular complexity index is 439. The third kappa shape index (κ3) is 5.03. The SMILES string of the molecule is CCN(CC(F)(F)F)c1nc(NN)nc(OC(C)C)n1. The highest BCUT2D eigenvalue weighted by molar-refractivity contribution is 5.37. The van der Waals surface area contributed by atoms with Crippen LogP contribution in [0.15, 0.2) is 0 Å². The maximum absolute atomic E-state index is 12.5. The van der Waals surface area contributed by atoms with Gasteiger partial charge in [0.15, 0.2) is 0 Å². The summed E-state index contributed by atoms with van der Waals surface area (Å²) < 4.78 is 42.7. The summed E-state index contributed by atoms with van der Waals surface area (Å²) >= 11 is 0. The molecule has 0 amide bonds. The van der Waals surface area contributed by atoms with E-state index in [0.29, 0.717) is 0 Å². The fourth-order valence-corrected chi connectivity index (χ4v) is 1.36. The van der Waals surface area contributed by atoms with Gasteiger partial charge in [-0.2, -0.15) is 28.1 Å². The molecule has 1 rings (SSSR count). The zero-order valence-electron chi connectivity index (χ0n) is 11.4. The van der Waals surface area contributed by atoms with Crippen molar-refractivity contribution in [3.8, 4) is 6.01 Å². The number of nitrogen functional groups attached to an aromatic ring is 1. The van der Waals surface area contributed by atoms with Crippen molar-refractivity contribution in [2.45, 2.75) is 33.1 Å². The minimum absolute atomic E-state index is 0.0636. The number of hydrazine groups is 1. The highest BCUT2D eigenvalue weighted by atomic mass is 19.4. The molecule has 0 saturated carbocycles. The molecule has 7 nitrogen and oxygen atoms in total. The van der Waals surface area contributed by atoms with Crippen LogP contribution in [-0.2, 0) is 0 Å². The van der Waals surface area contributed by atoms with Gasteiger partial charge in [-0.1, -0.05) is 0 Å². The minimum atomic E-state index is -4.36. The van der Waals surface area contributed by atoms with Crippen molar-refractivity contribution in [3.63, 3.8) is 0 Å². The molecule has 0 saturated heterocycles. The van der Waals surface area contributed by atoms with E-state index in [-0.39, 0.29) is 30.6 Å². The summed E-state index contributed by atoms with van der Waals surface area (Å²) in [6.45, 7) is 3.96. The smallest absolute Gasteiger partial charge is 0.406 e. The first-order chi connectivity index (χ1) is 9.25. The Kier molecular flexibility index (Phi) is 5.31. The number of halogens is 3. The normalized spacial score (nSPS) is 11.6. The molecule has 0 radical (unpaired) electrons. The Labute approximate surface area is 114 Å². The molecule has 0 aliphatic carbocycles. The molecular weight excluding hydrogens is 277 g/mol. The van der Waals surface area contributed by atoms with E-state index in [1.165, 1.54) is 0 Å². The van der Waals surface area contributed by atoms with Crippen LogP contribution < -0.4 is 20.9 Å². The van der Waals surface area contributed by atoms with Gasteiger partial charge in [-0.3, -0.25) is 5.43 Å². The van der Waals surface area contributed by atoms with Crippen LogP contribution in [-0.4, -0.2) is 40.3 Å². The second kappa shape index (κ2) is 6.55. The first kappa shape index (κ1) is 16.2. The van der Waals surface area contributed by atoms with Gasteiger partial charge in [-0.05, 0) is 20.8 Å². The van der Waals surface area contributed by atoms with Gasteiger partial charge in [0.05, 0.1) is 6.10 Å². The van der Waals surface area contributed by atoms with E-state index in [4.69, 9.17) is 10.6 Å². The van der Waals surface area contributed by atoms with Crippen LogP contribution in [0.25, 0.3) is 0 Å². The predicted octanol–water partition coefficient (Wildman–Crippen LogP) is 1.33. The van der Waals surface area contributed by atoms with Crippen molar-refractivity contribution in [3.05, 3.63) is 0 Å². The second-order valence-electron chi connectivity index (χ2n) is 4.18. The number of rotatable bonds is 6. The molecule has 1 heterocycles. The lowest BCUT2D eigenvalue weighted by molar-refractivity contribution is -0.119. The summed E-state index contributed by atoms with van der Waals surface area (Å²) in [7, 11) is 0. The highest BCUT2D eigenvalue weighted by Crippen LogP contribution is 2.21. The van der Waals surface area contributed by atoms with Crippen molar-refractivity contribution in [1.82, 2.24) is 15.0 Å². The van der Waals surface area contributed by atoms with Gasteiger partial charge in [0, 0.05) is 6.54 Å². The number of nitrogens with one attached hydrogen (secondary N) is 1. The first-order valence-electron chi connectivity index (χ1n) is 5.96. The van der Waals surface area contributed by atoms with E-state index in [1.54, 1.807) is 20.8 Å². The molecule has 0 aliphatic heterocycles. The number of aromatic nitrogens is 3. The zero-order valence-corrected chi connectivity index (χ0v) is 11.4. The van der Waals surface area contributed by atoms with Crippen molar-refractivity contribution >= 4 is 11.9 Å². The van der Waals surface area contributed by atoms with Crippen molar-refractivity contribution in [2.75, 3.05) is 23.4 Å². The molecule has 3 N–H and O–H groups in total. The first-order valence-corrected chi connectivity index (χ1v) is 5.96. The van der Waals surface area contributed by atoms with E-state index in [9.17, 15) is 13.2 Å². The van der Waals surface area contributed by atoms with Gasteiger partial charge in [0.25, 0.3) is 0 Å². The van der Waals surface area contributed by atoms with E-state index < -0.39 is 12.7 Å². The third-order valence-electron chi connectivity index (χ3n) is 2.11. The third-order valence-corrected chi connectivity index (χ3v) is 2.11. The number of nitrogens with two attached hydrogens (primary N) is 1. The number of hydrogen-bond acceptors (Lipinski definition) is 7. The van der Waals surface area contributed by atoms with Gasteiger partial charge in [0.2, 0.25) is 11.9 Å². The molecule has 0 atom stereocenters. The van der Waals surface area contributed by atoms with Crippen LogP contribution >= 0.6 is 0 Å². The lowest BCUT2D eigenvalue weighted by Gasteiger charge is -2.22. The molecule has 1 aromatic heterocycles. The molecule has 0 bridgehead atoms.